The van der Waals surface area contributed by atoms with Crippen molar-refractivity contribution >= 4 is 12.1 Å². The number of carbonyl (C=O) groups is 2. The van der Waals surface area contributed by atoms with Gasteiger partial charge in [-0.3, -0.25) is 9.74 Å². The van der Waals surface area contributed by atoms with E-state index in [-0.39, 0.29) is 24.2 Å². The predicted octanol–water partition coefficient (Wildman–Crippen LogP) is 3.24. The van der Waals surface area contributed by atoms with Crippen molar-refractivity contribution in [2.45, 2.75) is 64.3 Å². The molecule has 5 rings (SSSR count). The molecule has 37 heavy (non-hydrogen) atoms. The van der Waals surface area contributed by atoms with E-state index in [1.165, 1.54) is 5.06 Å². The van der Waals surface area contributed by atoms with Crippen LogP contribution in [0.5, 0.6) is 0 Å². The fourth-order valence-electron chi connectivity index (χ4n) is 5.01. The molecule has 1 aromatic carbocycles. The number of benzene rings is 1. The Morgan fingerprint density at radius 3 is 2.57 bits per heavy atom. The van der Waals surface area contributed by atoms with Crippen LogP contribution in [0, 0.1) is 0 Å². The summed E-state index contributed by atoms with van der Waals surface area (Å²) in [4.78, 5) is 37.1. The van der Waals surface area contributed by atoms with Gasteiger partial charge in [0.25, 0.3) is 0 Å². The molecule has 3 amide bonds. The number of aromatic nitrogens is 2. The maximum atomic E-state index is 13.1. The van der Waals surface area contributed by atoms with Crippen LogP contribution < -0.4 is 0 Å². The normalized spacial score (nSPS) is 22.6. The van der Waals surface area contributed by atoms with Gasteiger partial charge in [0.05, 0.1) is 6.04 Å². The second kappa shape index (κ2) is 10.7. The van der Waals surface area contributed by atoms with E-state index < -0.39 is 5.60 Å². The van der Waals surface area contributed by atoms with Gasteiger partial charge in [-0.15, -0.1) is 10.2 Å². The smallest absolute Gasteiger partial charge is 0.410 e. The van der Waals surface area contributed by atoms with E-state index in [0.29, 0.717) is 44.4 Å². The third-order valence-electron chi connectivity index (χ3n) is 6.97. The first kappa shape index (κ1) is 25.5. The molecule has 2 bridgehead atoms. The van der Waals surface area contributed by atoms with E-state index >= 15 is 0 Å². The average Bonchev–Trinajstić information content (AvgIpc) is 3.45. The lowest BCUT2D eigenvalue weighted by Gasteiger charge is -2.35. The van der Waals surface area contributed by atoms with E-state index in [4.69, 9.17) is 14.0 Å². The highest BCUT2D eigenvalue weighted by atomic mass is 16.7. The molecule has 0 spiro atoms. The van der Waals surface area contributed by atoms with Crippen LogP contribution in [0.4, 0.5) is 9.59 Å². The zero-order chi connectivity index (χ0) is 26.0. The Balaban J connectivity index is 1.10. The first-order valence-corrected chi connectivity index (χ1v) is 13.1. The van der Waals surface area contributed by atoms with Crippen molar-refractivity contribution in [3.8, 4) is 0 Å². The molecule has 3 aliphatic heterocycles. The third-order valence-corrected chi connectivity index (χ3v) is 6.97. The van der Waals surface area contributed by atoms with Crippen molar-refractivity contribution in [2.75, 3.05) is 39.3 Å². The molecule has 11 heteroatoms. The molecule has 3 saturated heterocycles. The molecule has 2 aromatic rings. The first-order chi connectivity index (χ1) is 17.8. The van der Waals surface area contributed by atoms with E-state index in [9.17, 15) is 9.59 Å². The quantitative estimate of drug-likeness (QED) is 0.557. The fourth-order valence-corrected chi connectivity index (χ4v) is 5.01. The number of rotatable bonds is 7. The highest BCUT2D eigenvalue weighted by Crippen LogP contribution is 2.38. The number of piperidine rings is 1. The Morgan fingerprint density at radius 1 is 1.08 bits per heavy atom. The Morgan fingerprint density at radius 2 is 1.84 bits per heavy atom. The van der Waals surface area contributed by atoms with Gasteiger partial charge in [0, 0.05) is 45.7 Å². The average molecular weight is 513 g/mol. The summed E-state index contributed by atoms with van der Waals surface area (Å²) in [5.74, 6) is 1.05. The van der Waals surface area contributed by atoms with Gasteiger partial charge in [0.2, 0.25) is 11.8 Å². The highest BCUT2D eigenvalue weighted by Gasteiger charge is 2.47. The number of amides is 3. The van der Waals surface area contributed by atoms with Crippen molar-refractivity contribution in [3.05, 3.63) is 47.7 Å². The number of fused-ring (bicyclic) bond motifs is 2. The van der Waals surface area contributed by atoms with Crippen molar-refractivity contribution in [1.29, 1.82) is 0 Å². The second-order valence-electron chi connectivity index (χ2n) is 10.9. The molecule has 1 aromatic heterocycles. The maximum absolute atomic E-state index is 13.1. The maximum Gasteiger partial charge on any atom is 0.410 e. The zero-order valence-electron chi connectivity index (χ0n) is 21.8. The Kier molecular flexibility index (Phi) is 7.34. The lowest BCUT2D eigenvalue weighted by atomic mass is 10.0. The van der Waals surface area contributed by atoms with Crippen LogP contribution in [0.1, 0.15) is 57.0 Å². The molecule has 0 unspecified atom stereocenters. The van der Waals surface area contributed by atoms with Crippen LogP contribution in [0.25, 0.3) is 0 Å². The second-order valence-corrected chi connectivity index (χ2v) is 10.9. The van der Waals surface area contributed by atoms with E-state index in [0.717, 1.165) is 38.0 Å². The molecule has 0 saturated carbocycles. The van der Waals surface area contributed by atoms with Crippen LogP contribution >= 0.6 is 0 Å². The number of hydrogen-bond donors (Lipinski definition) is 0. The molecule has 4 heterocycles. The Labute approximate surface area is 217 Å². The van der Waals surface area contributed by atoms with Gasteiger partial charge in [-0.05, 0) is 39.2 Å². The van der Waals surface area contributed by atoms with E-state index in [1.807, 2.05) is 51.1 Å². The van der Waals surface area contributed by atoms with Crippen molar-refractivity contribution in [3.63, 3.8) is 0 Å². The predicted molar refractivity (Wildman–Crippen MR) is 133 cm³/mol. The topological polar surface area (TPSA) is 104 Å². The summed E-state index contributed by atoms with van der Waals surface area (Å²) in [6.45, 7) is 10.1. The van der Waals surface area contributed by atoms with Crippen LogP contribution in [0.3, 0.4) is 0 Å². The van der Waals surface area contributed by atoms with Crippen LogP contribution in [-0.2, 0) is 22.6 Å². The lowest BCUT2D eigenvalue weighted by Crippen LogP contribution is -2.50. The number of urea groups is 1. The number of hydroxylamine groups is 2. The molecule has 3 fully saturated rings. The summed E-state index contributed by atoms with van der Waals surface area (Å²) < 4.78 is 11.5. The SMILES string of the molecule is CC(C)(C)OC(=O)N1CCN(CCc2nnc([C@@H]3CC[C@@H]4CN3C(=O)N4OCc3ccccc3)o2)CC1. The Bertz CT molecular complexity index is 1080. The summed E-state index contributed by atoms with van der Waals surface area (Å²) in [7, 11) is 0. The van der Waals surface area contributed by atoms with Crippen molar-refractivity contribution in [1.82, 2.24) is 30.0 Å². The molecule has 0 aliphatic carbocycles. The molecule has 3 aliphatic rings. The van der Waals surface area contributed by atoms with Crippen LogP contribution in [-0.4, -0.2) is 93.0 Å². The first-order valence-electron chi connectivity index (χ1n) is 13.1. The van der Waals surface area contributed by atoms with Gasteiger partial charge >= 0.3 is 12.1 Å². The lowest BCUT2D eigenvalue weighted by molar-refractivity contribution is -0.140. The largest absolute Gasteiger partial charge is 0.444 e. The Hall–Kier alpha value is -3.18. The molecular weight excluding hydrogens is 476 g/mol. The molecular formula is C26H36N6O5. The van der Waals surface area contributed by atoms with E-state index in [1.54, 1.807) is 9.80 Å². The summed E-state index contributed by atoms with van der Waals surface area (Å²) in [6, 6.07) is 9.50. The minimum atomic E-state index is -0.490. The summed E-state index contributed by atoms with van der Waals surface area (Å²) in [5, 5.41) is 10.1. The number of nitrogens with zero attached hydrogens (tertiary/aromatic N) is 6. The molecule has 0 N–H and O–H groups in total. The monoisotopic (exact) mass is 512 g/mol. The number of hydrogen-bond acceptors (Lipinski definition) is 8. The van der Waals surface area contributed by atoms with Crippen LogP contribution in [0.2, 0.25) is 0 Å². The van der Waals surface area contributed by atoms with Gasteiger partial charge in [0.1, 0.15) is 18.2 Å². The highest BCUT2D eigenvalue weighted by molar-refractivity contribution is 5.77. The minimum Gasteiger partial charge on any atom is -0.444 e. The number of ether oxygens (including phenoxy) is 1. The molecule has 0 radical (unpaired) electrons. The van der Waals surface area contributed by atoms with Gasteiger partial charge < -0.3 is 19.0 Å². The molecule has 2 atom stereocenters. The zero-order valence-corrected chi connectivity index (χ0v) is 21.8. The van der Waals surface area contributed by atoms with Crippen LogP contribution in [0.15, 0.2) is 34.7 Å². The molecule has 11 nitrogen and oxygen atoms in total. The summed E-state index contributed by atoms with van der Waals surface area (Å²) in [6.07, 6.45) is 1.94. The minimum absolute atomic E-state index is 0.0363. The fraction of sp³-hybridized carbons (Fsp3) is 0.615. The number of carbonyl (C=O) groups excluding carboxylic acids is 2. The van der Waals surface area contributed by atoms with Crippen molar-refractivity contribution in [2.24, 2.45) is 0 Å². The van der Waals surface area contributed by atoms with Crippen molar-refractivity contribution < 1.29 is 23.6 Å². The standard InChI is InChI=1S/C26H36N6O5/c1-26(2,3)37-25(34)30-15-13-29(14-16-30)12-11-22-27-28-23(36-22)21-10-9-20-17-31(21)24(33)32(20)35-18-19-7-5-4-6-8-19/h4-8,20-21H,9-18H2,1-3H3/t20-,21+/m1/s1. The van der Waals surface area contributed by atoms with Gasteiger partial charge in [-0.25, -0.2) is 9.59 Å². The van der Waals surface area contributed by atoms with E-state index in [2.05, 4.69) is 15.1 Å². The summed E-state index contributed by atoms with van der Waals surface area (Å²) in [5.41, 5.74) is 0.534. The summed E-state index contributed by atoms with van der Waals surface area (Å²) >= 11 is 0. The number of piperazine rings is 1. The third kappa shape index (κ3) is 6.04. The molecule has 200 valence electrons. The van der Waals surface area contributed by atoms with Gasteiger partial charge in [0.15, 0.2) is 0 Å². The van der Waals surface area contributed by atoms with Gasteiger partial charge in [-0.2, -0.15) is 5.06 Å². The van der Waals surface area contributed by atoms with Gasteiger partial charge in [-0.1, -0.05) is 30.3 Å².